The number of aromatic amines is 1. The Morgan fingerprint density at radius 2 is 1.84 bits per heavy atom. The van der Waals surface area contributed by atoms with Crippen molar-refractivity contribution in [2.45, 2.75) is 6.18 Å². The number of rotatable bonds is 3. The summed E-state index contributed by atoms with van der Waals surface area (Å²) in [6, 6.07) is 7.18. The molecule has 3 aromatic rings. The van der Waals surface area contributed by atoms with Crippen molar-refractivity contribution in [1.29, 1.82) is 0 Å². The summed E-state index contributed by atoms with van der Waals surface area (Å²) in [6.45, 7) is 0. The summed E-state index contributed by atoms with van der Waals surface area (Å²) in [4.78, 5) is 13.0. The Hall–Kier alpha value is -1.84. The molecule has 2 aromatic heterocycles. The standard InChI is InChI=1S/C15H7BrClF3N2O2S/c16-10-5-8(6-25-10)11-13(22(23)24)12(21-14(11)15(18,19)20)7-1-3-9(17)4-2-7/h1-6,21H. The number of nitro groups is 1. The zero-order chi connectivity index (χ0) is 18.4. The summed E-state index contributed by atoms with van der Waals surface area (Å²) in [6.07, 6.45) is -4.78. The summed E-state index contributed by atoms with van der Waals surface area (Å²) in [5.41, 5.74) is -2.13. The van der Waals surface area contributed by atoms with Crippen molar-refractivity contribution in [2.24, 2.45) is 0 Å². The molecule has 1 aromatic carbocycles. The quantitative estimate of drug-likeness (QED) is 0.353. The number of benzene rings is 1. The third-order valence-corrected chi connectivity index (χ3v) is 5.19. The van der Waals surface area contributed by atoms with Crippen molar-refractivity contribution in [3.05, 3.63) is 60.3 Å². The van der Waals surface area contributed by atoms with Crippen molar-refractivity contribution in [1.82, 2.24) is 4.98 Å². The molecule has 0 radical (unpaired) electrons. The van der Waals surface area contributed by atoms with Gasteiger partial charge in [-0.25, -0.2) is 0 Å². The van der Waals surface area contributed by atoms with Crippen LogP contribution in [0.15, 0.2) is 39.5 Å². The lowest BCUT2D eigenvalue weighted by atomic mass is 10.0. The van der Waals surface area contributed by atoms with Crippen LogP contribution in [0.2, 0.25) is 5.02 Å². The van der Waals surface area contributed by atoms with E-state index in [-0.39, 0.29) is 16.8 Å². The van der Waals surface area contributed by atoms with Gasteiger partial charge in [0.15, 0.2) is 0 Å². The maximum atomic E-state index is 13.5. The number of hydrogen-bond acceptors (Lipinski definition) is 3. The van der Waals surface area contributed by atoms with Gasteiger partial charge in [-0.3, -0.25) is 10.1 Å². The maximum absolute atomic E-state index is 13.5. The smallest absolute Gasteiger partial charge is 0.345 e. The molecule has 0 fully saturated rings. The Morgan fingerprint density at radius 1 is 1.20 bits per heavy atom. The highest BCUT2D eigenvalue weighted by Crippen LogP contribution is 2.48. The van der Waals surface area contributed by atoms with Gasteiger partial charge in [0, 0.05) is 21.5 Å². The van der Waals surface area contributed by atoms with Gasteiger partial charge in [-0.05, 0) is 34.1 Å². The average molecular weight is 452 g/mol. The monoisotopic (exact) mass is 450 g/mol. The Balaban J connectivity index is 2.35. The molecule has 10 heteroatoms. The molecule has 4 nitrogen and oxygen atoms in total. The molecule has 0 saturated carbocycles. The zero-order valence-corrected chi connectivity index (χ0v) is 15.2. The van der Waals surface area contributed by atoms with E-state index in [0.29, 0.717) is 8.81 Å². The SMILES string of the molecule is O=[N+]([O-])c1c(-c2ccc(Cl)cc2)[nH]c(C(F)(F)F)c1-c1csc(Br)c1. The third kappa shape index (κ3) is 3.44. The molecule has 0 aliphatic carbocycles. The van der Waals surface area contributed by atoms with Crippen LogP contribution in [0, 0.1) is 10.1 Å². The molecule has 25 heavy (non-hydrogen) atoms. The van der Waals surface area contributed by atoms with Crippen LogP contribution in [0.5, 0.6) is 0 Å². The van der Waals surface area contributed by atoms with Crippen LogP contribution in [0.3, 0.4) is 0 Å². The van der Waals surface area contributed by atoms with Crippen molar-refractivity contribution < 1.29 is 18.1 Å². The van der Waals surface area contributed by atoms with Crippen LogP contribution >= 0.6 is 38.9 Å². The first-order chi connectivity index (χ1) is 11.7. The van der Waals surface area contributed by atoms with E-state index in [0.717, 1.165) is 11.3 Å². The Kier molecular flexibility index (Phi) is 4.65. The molecule has 0 bridgehead atoms. The molecular weight excluding hydrogens is 445 g/mol. The van der Waals surface area contributed by atoms with E-state index >= 15 is 0 Å². The Labute approximate surface area is 156 Å². The lowest BCUT2D eigenvalue weighted by Crippen LogP contribution is -2.07. The van der Waals surface area contributed by atoms with Crippen molar-refractivity contribution in [3.63, 3.8) is 0 Å². The molecule has 0 amide bonds. The second-order valence-corrected chi connectivity index (χ2v) is 7.73. The van der Waals surface area contributed by atoms with E-state index in [2.05, 4.69) is 20.9 Å². The molecule has 0 aliphatic rings. The fraction of sp³-hybridized carbons (Fsp3) is 0.0667. The van der Waals surface area contributed by atoms with E-state index in [1.54, 1.807) is 0 Å². The second kappa shape index (κ2) is 6.47. The van der Waals surface area contributed by atoms with Gasteiger partial charge in [0.25, 0.3) is 0 Å². The molecule has 0 atom stereocenters. The topological polar surface area (TPSA) is 58.9 Å². The fourth-order valence-electron chi connectivity index (χ4n) is 2.43. The van der Waals surface area contributed by atoms with Crippen LogP contribution in [-0.4, -0.2) is 9.91 Å². The van der Waals surface area contributed by atoms with Crippen LogP contribution in [0.25, 0.3) is 22.4 Å². The van der Waals surface area contributed by atoms with Crippen LogP contribution in [0.1, 0.15) is 5.69 Å². The van der Waals surface area contributed by atoms with Gasteiger partial charge in [-0.2, -0.15) is 13.2 Å². The van der Waals surface area contributed by atoms with Gasteiger partial charge in [0.2, 0.25) is 0 Å². The number of aromatic nitrogens is 1. The number of nitrogens with zero attached hydrogens (tertiary/aromatic N) is 1. The minimum absolute atomic E-state index is 0.118. The van der Waals surface area contributed by atoms with E-state index in [9.17, 15) is 23.3 Å². The fourth-order valence-corrected chi connectivity index (χ4v) is 3.71. The molecule has 2 heterocycles. The minimum Gasteiger partial charge on any atom is -0.345 e. The van der Waals surface area contributed by atoms with Gasteiger partial charge in [0.05, 0.1) is 14.3 Å². The number of alkyl halides is 3. The highest BCUT2D eigenvalue weighted by molar-refractivity contribution is 9.11. The second-order valence-electron chi connectivity index (χ2n) is 5.00. The number of H-pyrrole nitrogens is 1. The predicted molar refractivity (Wildman–Crippen MR) is 93.9 cm³/mol. The summed E-state index contributed by atoms with van der Waals surface area (Å²) < 4.78 is 41.1. The van der Waals surface area contributed by atoms with Crippen molar-refractivity contribution in [2.75, 3.05) is 0 Å². The average Bonchev–Trinajstić information content (AvgIpc) is 3.11. The molecule has 3 rings (SSSR count). The molecule has 1 N–H and O–H groups in total. The van der Waals surface area contributed by atoms with Crippen molar-refractivity contribution in [3.8, 4) is 22.4 Å². The molecular formula is C15H7BrClF3N2O2S. The Morgan fingerprint density at radius 3 is 2.32 bits per heavy atom. The highest BCUT2D eigenvalue weighted by Gasteiger charge is 2.42. The van der Waals surface area contributed by atoms with Crippen molar-refractivity contribution >= 4 is 44.6 Å². The van der Waals surface area contributed by atoms with Gasteiger partial charge in [-0.1, -0.05) is 23.7 Å². The molecule has 0 saturated heterocycles. The van der Waals surface area contributed by atoms with E-state index < -0.39 is 28.0 Å². The predicted octanol–water partition coefficient (Wildman–Crippen LogP) is 6.75. The van der Waals surface area contributed by atoms with Crippen LogP contribution in [0.4, 0.5) is 18.9 Å². The summed E-state index contributed by atoms with van der Waals surface area (Å²) in [7, 11) is 0. The molecule has 0 aliphatic heterocycles. The van der Waals surface area contributed by atoms with E-state index in [1.165, 1.54) is 35.7 Å². The molecule has 0 spiro atoms. The van der Waals surface area contributed by atoms with Gasteiger partial charge >= 0.3 is 11.9 Å². The lowest BCUT2D eigenvalue weighted by molar-refractivity contribution is -0.383. The zero-order valence-electron chi connectivity index (χ0n) is 12.0. The lowest BCUT2D eigenvalue weighted by Gasteiger charge is -2.06. The third-order valence-electron chi connectivity index (χ3n) is 3.43. The summed E-state index contributed by atoms with van der Waals surface area (Å²) in [5.74, 6) is 0. The maximum Gasteiger partial charge on any atom is 0.432 e. The number of hydrogen-bond donors (Lipinski definition) is 1. The largest absolute Gasteiger partial charge is 0.432 e. The van der Waals surface area contributed by atoms with Crippen LogP contribution in [-0.2, 0) is 6.18 Å². The Bertz CT molecular complexity index is 951. The number of nitrogens with one attached hydrogen (secondary N) is 1. The van der Waals surface area contributed by atoms with E-state index in [4.69, 9.17) is 11.6 Å². The molecule has 130 valence electrons. The first kappa shape index (κ1) is 18.0. The number of thiophene rings is 1. The summed E-state index contributed by atoms with van der Waals surface area (Å²) >= 11 is 10.1. The highest BCUT2D eigenvalue weighted by atomic mass is 79.9. The van der Waals surface area contributed by atoms with Crippen LogP contribution < -0.4 is 0 Å². The number of halogens is 5. The first-order valence-electron chi connectivity index (χ1n) is 6.66. The van der Waals surface area contributed by atoms with Gasteiger partial charge in [-0.15, -0.1) is 11.3 Å². The minimum atomic E-state index is -4.78. The van der Waals surface area contributed by atoms with E-state index in [1.807, 2.05) is 0 Å². The summed E-state index contributed by atoms with van der Waals surface area (Å²) in [5, 5.41) is 13.4. The first-order valence-corrected chi connectivity index (χ1v) is 8.71. The molecule has 0 unspecified atom stereocenters. The van der Waals surface area contributed by atoms with Gasteiger partial charge < -0.3 is 4.98 Å². The normalized spacial score (nSPS) is 11.7. The van der Waals surface area contributed by atoms with Gasteiger partial charge in [0.1, 0.15) is 11.4 Å².